The summed E-state index contributed by atoms with van der Waals surface area (Å²) >= 11 is 0. The molecule has 1 aliphatic carbocycles. The first-order chi connectivity index (χ1) is 23.3. The Hall–Kier alpha value is -4.97. The number of esters is 1. The molecule has 2 aliphatic rings. The lowest BCUT2D eigenvalue weighted by atomic mass is 9.79. The molecule has 48 heavy (non-hydrogen) atoms. The predicted octanol–water partition coefficient (Wildman–Crippen LogP) is 7.50. The van der Waals surface area contributed by atoms with Gasteiger partial charge < -0.3 is 18.9 Å². The van der Waals surface area contributed by atoms with Gasteiger partial charge in [0.05, 0.1) is 24.2 Å². The summed E-state index contributed by atoms with van der Waals surface area (Å²) in [5.41, 5.74) is 29.6. The van der Waals surface area contributed by atoms with E-state index in [1.807, 2.05) is 67.6 Å². The maximum absolute atomic E-state index is 13.7. The van der Waals surface area contributed by atoms with Crippen LogP contribution in [0.1, 0.15) is 57.6 Å². The van der Waals surface area contributed by atoms with Crippen LogP contribution >= 0.6 is 0 Å². The molecule has 1 heterocycles. The van der Waals surface area contributed by atoms with Gasteiger partial charge in [0.1, 0.15) is 18.8 Å². The number of ether oxygens (including phenoxy) is 4. The molecular weight excluding hydrogens is 620 g/mol. The van der Waals surface area contributed by atoms with Gasteiger partial charge in [0.25, 0.3) is 0 Å². The Kier molecular flexibility index (Phi) is 13.3. The summed E-state index contributed by atoms with van der Waals surface area (Å²) in [4.78, 5) is 36.4. The van der Waals surface area contributed by atoms with E-state index in [2.05, 4.69) is 30.1 Å². The summed E-state index contributed by atoms with van der Waals surface area (Å²) < 4.78 is 24.4. The van der Waals surface area contributed by atoms with Crippen LogP contribution in [0.4, 0.5) is 4.79 Å². The van der Waals surface area contributed by atoms with Gasteiger partial charge in [-0.3, -0.25) is 9.69 Å². The third-order valence-electron chi connectivity index (χ3n) is 8.76. The second kappa shape index (κ2) is 17.8. The summed E-state index contributed by atoms with van der Waals surface area (Å²) in [6.07, 6.45) is -2.77. The van der Waals surface area contributed by atoms with Crippen molar-refractivity contribution in [3.8, 4) is 0 Å². The molecule has 16 nitrogen and oxygen atoms in total. The molecule has 0 radical (unpaired) electrons. The van der Waals surface area contributed by atoms with Crippen LogP contribution in [0.3, 0.4) is 0 Å². The minimum absolute atomic E-state index is 0.0899. The minimum atomic E-state index is -1.14. The number of amides is 1. The van der Waals surface area contributed by atoms with Crippen molar-refractivity contribution in [1.82, 2.24) is 4.90 Å². The number of azide groups is 3. The van der Waals surface area contributed by atoms with Crippen molar-refractivity contribution >= 4 is 12.1 Å². The number of rotatable bonds is 13. The van der Waals surface area contributed by atoms with Crippen molar-refractivity contribution in [2.24, 2.45) is 21.3 Å². The maximum atomic E-state index is 13.7. The van der Waals surface area contributed by atoms with Crippen LogP contribution in [-0.2, 0) is 36.9 Å². The highest BCUT2D eigenvalue weighted by Gasteiger charge is 2.48. The van der Waals surface area contributed by atoms with Crippen molar-refractivity contribution in [3.05, 3.63) is 103 Å². The molecule has 2 aromatic rings. The first-order valence-corrected chi connectivity index (χ1v) is 15.9. The second-order valence-corrected chi connectivity index (χ2v) is 11.8. The number of carbonyl (C=O) groups is 2. The molecule has 4 rings (SSSR count). The van der Waals surface area contributed by atoms with Crippen molar-refractivity contribution in [2.45, 2.75) is 108 Å². The van der Waals surface area contributed by atoms with Crippen molar-refractivity contribution in [2.75, 3.05) is 0 Å². The average molecular weight is 661 g/mol. The Balaban J connectivity index is 1.63. The standard InChI is InChI=1S/C32H40N10O6/c1-4-27(42(18-22-11-7-5-8-12-22)32(44)45-19-23-13-9-6-10-14-23)28-16-15-24(36-39-33)31(47-28)48-30-26(38-41-35)17-25(37-40-34)20(2)29(30)46-21(3)43/h5-14,20,24-31H,4,15-19H2,1-3H3/t20-,24?,25+,26-,27+,28-,29+,30+,31+/m0/s1. The lowest BCUT2D eigenvalue weighted by molar-refractivity contribution is -0.258. The summed E-state index contributed by atoms with van der Waals surface area (Å²) in [5.74, 6) is -1.10. The Morgan fingerprint density at radius 3 is 2.10 bits per heavy atom. The number of benzene rings is 2. The monoisotopic (exact) mass is 660 g/mol. The molecule has 16 heteroatoms. The van der Waals surface area contributed by atoms with Crippen LogP contribution in [-0.4, -0.2) is 65.7 Å². The molecule has 1 saturated carbocycles. The van der Waals surface area contributed by atoms with Gasteiger partial charge in [-0.05, 0) is 53.4 Å². The Morgan fingerprint density at radius 2 is 1.50 bits per heavy atom. The fourth-order valence-electron chi connectivity index (χ4n) is 6.39. The SMILES string of the molecule is CC[C@H]([C@@H]1CCC(N=[N+]=[N-])[C@@H](O[C@H]2[C@H](OC(C)=O)[C@@H](C)[C@H](N=[N+]=[N-])C[C@@H]2N=[N+]=[N-])O1)N(Cc1ccccc1)C(=O)OCc1ccccc1. The summed E-state index contributed by atoms with van der Waals surface area (Å²) in [6.45, 7) is 5.28. The van der Waals surface area contributed by atoms with Gasteiger partial charge in [-0.2, -0.15) is 0 Å². The smallest absolute Gasteiger partial charge is 0.410 e. The molecule has 1 aliphatic heterocycles. The molecule has 0 aromatic heterocycles. The van der Waals surface area contributed by atoms with Crippen molar-refractivity contribution in [3.63, 3.8) is 0 Å². The van der Waals surface area contributed by atoms with Crippen LogP contribution in [0.2, 0.25) is 0 Å². The predicted molar refractivity (Wildman–Crippen MR) is 174 cm³/mol. The van der Waals surface area contributed by atoms with Crippen LogP contribution in [0.5, 0.6) is 0 Å². The summed E-state index contributed by atoms with van der Waals surface area (Å²) in [6, 6.07) is 16.1. The molecule has 254 valence electrons. The van der Waals surface area contributed by atoms with Gasteiger partial charge in [0.15, 0.2) is 6.29 Å². The van der Waals surface area contributed by atoms with E-state index in [0.29, 0.717) is 19.3 Å². The number of nitrogens with zero attached hydrogens (tertiary/aromatic N) is 10. The molecule has 0 N–H and O–H groups in total. The summed E-state index contributed by atoms with van der Waals surface area (Å²) in [5, 5.41) is 11.7. The largest absolute Gasteiger partial charge is 0.459 e. The summed E-state index contributed by atoms with van der Waals surface area (Å²) in [7, 11) is 0. The molecule has 1 amide bonds. The molecule has 0 bridgehead atoms. The zero-order chi connectivity index (χ0) is 34.5. The molecule has 2 fully saturated rings. The number of hydrogen-bond acceptors (Lipinski definition) is 9. The van der Waals surface area contributed by atoms with Gasteiger partial charge in [0.2, 0.25) is 0 Å². The topological polar surface area (TPSA) is 221 Å². The molecule has 0 spiro atoms. The number of hydrogen-bond donors (Lipinski definition) is 0. The lowest BCUT2D eigenvalue weighted by Crippen LogP contribution is -2.57. The number of carbonyl (C=O) groups excluding carboxylic acids is 2. The van der Waals surface area contributed by atoms with Crippen molar-refractivity contribution < 1.29 is 28.5 Å². The van der Waals surface area contributed by atoms with Gasteiger partial charge >= 0.3 is 12.1 Å². The quantitative estimate of drug-likeness (QED) is 0.0914. The Labute approximate surface area is 278 Å². The third-order valence-corrected chi connectivity index (χ3v) is 8.76. The van der Waals surface area contributed by atoms with E-state index in [1.54, 1.807) is 11.8 Å². The highest BCUT2D eigenvalue weighted by atomic mass is 16.7. The van der Waals surface area contributed by atoms with Crippen molar-refractivity contribution in [1.29, 1.82) is 0 Å². The molecule has 2 aromatic carbocycles. The third kappa shape index (κ3) is 9.31. The van der Waals surface area contributed by atoms with Gasteiger partial charge in [-0.15, -0.1) is 0 Å². The van der Waals surface area contributed by atoms with Gasteiger partial charge in [-0.25, -0.2) is 4.79 Å². The van der Waals surface area contributed by atoms with E-state index in [0.717, 1.165) is 11.1 Å². The molecule has 9 atom stereocenters. The fraction of sp³-hybridized carbons (Fsp3) is 0.562. The molecule has 1 unspecified atom stereocenters. The molecule has 1 saturated heterocycles. The maximum Gasteiger partial charge on any atom is 0.410 e. The highest BCUT2D eigenvalue weighted by Crippen LogP contribution is 2.37. The van der Waals surface area contributed by atoms with E-state index < -0.39 is 66.7 Å². The van der Waals surface area contributed by atoms with Crippen LogP contribution in [0.15, 0.2) is 76.0 Å². The molecular formula is C32H40N10O6. The minimum Gasteiger partial charge on any atom is -0.459 e. The van der Waals surface area contributed by atoms with Gasteiger partial charge in [0, 0.05) is 40.2 Å². The van der Waals surface area contributed by atoms with Crippen LogP contribution in [0.25, 0.3) is 31.3 Å². The average Bonchev–Trinajstić information content (AvgIpc) is 3.09. The Morgan fingerprint density at radius 1 is 0.896 bits per heavy atom. The van der Waals surface area contributed by atoms with E-state index in [9.17, 15) is 20.7 Å². The fourth-order valence-corrected chi connectivity index (χ4v) is 6.39. The van der Waals surface area contributed by atoms with E-state index in [1.165, 1.54) is 6.92 Å². The zero-order valence-electron chi connectivity index (χ0n) is 27.1. The highest BCUT2D eigenvalue weighted by molar-refractivity contribution is 5.68. The lowest BCUT2D eigenvalue weighted by Gasteiger charge is -2.46. The van der Waals surface area contributed by atoms with Crippen LogP contribution < -0.4 is 0 Å². The second-order valence-electron chi connectivity index (χ2n) is 11.8. The van der Waals surface area contributed by atoms with Crippen LogP contribution in [0, 0.1) is 5.92 Å². The van der Waals surface area contributed by atoms with Gasteiger partial charge in [-0.1, -0.05) is 89.9 Å². The normalized spacial score (nSPS) is 27.1. The zero-order valence-corrected chi connectivity index (χ0v) is 27.1. The van der Waals surface area contributed by atoms with E-state index >= 15 is 0 Å². The van der Waals surface area contributed by atoms with E-state index in [4.69, 9.17) is 24.5 Å². The Bertz CT molecular complexity index is 1510. The first-order valence-electron chi connectivity index (χ1n) is 15.9. The van der Waals surface area contributed by atoms with E-state index in [-0.39, 0.29) is 19.6 Å². The first kappa shape index (κ1) is 35.9.